The predicted octanol–water partition coefficient (Wildman–Crippen LogP) is 5.00. The predicted molar refractivity (Wildman–Crippen MR) is 96.2 cm³/mol. The standard InChI is InChI=1S/C22H24O2/c1-2-22(14-8-12-19(23)16-22)15-18-11-6-7-13-20(18)21(24)17-9-4-3-5-10-17/h3-7,9-11,13H,2,8,12,14-16H2,1H3/t22-/m0/s1. The van der Waals surface area contributed by atoms with Crippen molar-refractivity contribution in [2.24, 2.45) is 5.41 Å². The summed E-state index contributed by atoms with van der Waals surface area (Å²) in [5.74, 6) is 0.439. The molecule has 3 rings (SSSR count). The Bertz CT molecular complexity index is 733. The molecule has 0 bridgehead atoms. The second-order valence-corrected chi connectivity index (χ2v) is 6.95. The number of carbonyl (C=O) groups excluding carboxylic acids is 2. The van der Waals surface area contributed by atoms with Gasteiger partial charge in [-0.2, -0.15) is 0 Å². The lowest BCUT2D eigenvalue weighted by Gasteiger charge is -2.36. The smallest absolute Gasteiger partial charge is 0.193 e. The molecule has 0 aliphatic heterocycles. The van der Waals surface area contributed by atoms with E-state index in [1.54, 1.807) is 0 Å². The van der Waals surface area contributed by atoms with Gasteiger partial charge in [-0.15, -0.1) is 0 Å². The van der Waals surface area contributed by atoms with Gasteiger partial charge in [0, 0.05) is 24.0 Å². The number of rotatable bonds is 5. The number of Topliss-reactive ketones (excluding diaryl/α,β-unsaturated/α-hetero) is 1. The van der Waals surface area contributed by atoms with E-state index in [4.69, 9.17) is 0 Å². The van der Waals surface area contributed by atoms with Gasteiger partial charge in [-0.1, -0.05) is 61.5 Å². The first-order chi connectivity index (χ1) is 11.6. The Morgan fingerprint density at radius 2 is 1.75 bits per heavy atom. The van der Waals surface area contributed by atoms with Gasteiger partial charge in [0.2, 0.25) is 0 Å². The highest BCUT2D eigenvalue weighted by Gasteiger charge is 2.35. The van der Waals surface area contributed by atoms with Crippen molar-refractivity contribution in [1.29, 1.82) is 0 Å². The zero-order valence-corrected chi connectivity index (χ0v) is 14.3. The SMILES string of the molecule is CC[C@@]1(Cc2ccccc2C(=O)c2ccccc2)CCCC(=O)C1. The van der Waals surface area contributed by atoms with Gasteiger partial charge < -0.3 is 0 Å². The fraction of sp³-hybridized carbons (Fsp3) is 0.364. The van der Waals surface area contributed by atoms with Gasteiger partial charge >= 0.3 is 0 Å². The van der Waals surface area contributed by atoms with Crippen LogP contribution in [0, 0.1) is 5.41 Å². The quantitative estimate of drug-likeness (QED) is 0.727. The molecule has 2 aromatic rings. The van der Waals surface area contributed by atoms with Crippen molar-refractivity contribution in [1.82, 2.24) is 0 Å². The summed E-state index contributed by atoms with van der Waals surface area (Å²) >= 11 is 0. The number of hydrogen-bond acceptors (Lipinski definition) is 2. The summed E-state index contributed by atoms with van der Waals surface area (Å²) in [7, 11) is 0. The molecule has 1 aliphatic carbocycles. The summed E-state index contributed by atoms with van der Waals surface area (Å²) in [6.45, 7) is 2.17. The topological polar surface area (TPSA) is 34.1 Å². The number of benzene rings is 2. The van der Waals surface area contributed by atoms with Gasteiger partial charge in [0.1, 0.15) is 5.78 Å². The van der Waals surface area contributed by atoms with Crippen LogP contribution in [0.3, 0.4) is 0 Å². The molecule has 0 radical (unpaired) electrons. The maximum absolute atomic E-state index is 12.9. The Hall–Kier alpha value is -2.22. The summed E-state index contributed by atoms with van der Waals surface area (Å²) in [5.41, 5.74) is 2.58. The average Bonchev–Trinajstić information content (AvgIpc) is 2.62. The van der Waals surface area contributed by atoms with E-state index in [0.29, 0.717) is 18.6 Å². The van der Waals surface area contributed by atoms with E-state index in [1.807, 2.05) is 54.6 Å². The van der Waals surface area contributed by atoms with E-state index in [2.05, 4.69) is 6.92 Å². The van der Waals surface area contributed by atoms with Gasteiger partial charge in [-0.25, -0.2) is 0 Å². The molecule has 0 N–H and O–H groups in total. The molecule has 0 heterocycles. The molecule has 2 heteroatoms. The van der Waals surface area contributed by atoms with Crippen LogP contribution in [0.1, 0.15) is 60.5 Å². The van der Waals surface area contributed by atoms with Crippen LogP contribution in [-0.2, 0) is 11.2 Å². The third kappa shape index (κ3) is 3.48. The fourth-order valence-electron chi connectivity index (χ4n) is 3.88. The van der Waals surface area contributed by atoms with Gasteiger partial charge in [-0.05, 0) is 36.7 Å². The summed E-state index contributed by atoms with van der Waals surface area (Å²) in [6.07, 6.45) is 5.20. The lowest BCUT2D eigenvalue weighted by Crippen LogP contribution is -2.31. The molecule has 1 aliphatic rings. The minimum absolute atomic E-state index is 0.0163. The van der Waals surface area contributed by atoms with Crippen LogP contribution in [0.25, 0.3) is 0 Å². The molecule has 0 spiro atoms. The summed E-state index contributed by atoms with van der Waals surface area (Å²) in [5, 5.41) is 0. The Balaban J connectivity index is 1.92. The minimum Gasteiger partial charge on any atom is -0.300 e. The molecule has 1 atom stereocenters. The van der Waals surface area contributed by atoms with Crippen LogP contribution in [0.5, 0.6) is 0 Å². The molecule has 1 saturated carbocycles. The molecule has 0 amide bonds. The van der Waals surface area contributed by atoms with Crippen LogP contribution < -0.4 is 0 Å². The Kier molecular flexibility index (Phi) is 4.94. The molecule has 124 valence electrons. The first kappa shape index (κ1) is 16.6. The zero-order chi connectivity index (χ0) is 17.0. The lowest BCUT2D eigenvalue weighted by atomic mass is 9.67. The van der Waals surface area contributed by atoms with Gasteiger partial charge in [0.15, 0.2) is 5.78 Å². The first-order valence-corrected chi connectivity index (χ1v) is 8.83. The highest BCUT2D eigenvalue weighted by molar-refractivity contribution is 6.09. The second-order valence-electron chi connectivity index (χ2n) is 6.95. The summed E-state index contributed by atoms with van der Waals surface area (Å²) in [4.78, 5) is 24.9. The summed E-state index contributed by atoms with van der Waals surface area (Å²) in [6, 6.07) is 17.3. The van der Waals surface area contributed by atoms with Crippen LogP contribution in [0.15, 0.2) is 54.6 Å². The van der Waals surface area contributed by atoms with E-state index in [0.717, 1.165) is 42.4 Å². The molecule has 0 aromatic heterocycles. The largest absolute Gasteiger partial charge is 0.300 e. The molecule has 24 heavy (non-hydrogen) atoms. The molecular weight excluding hydrogens is 296 g/mol. The van der Waals surface area contributed by atoms with Crippen LogP contribution in [-0.4, -0.2) is 11.6 Å². The molecule has 2 nitrogen and oxygen atoms in total. The van der Waals surface area contributed by atoms with E-state index < -0.39 is 0 Å². The van der Waals surface area contributed by atoms with Crippen molar-refractivity contribution in [3.63, 3.8) is 0 Å². The van der Waals surface area contributed by atoms with Gasteiger partial charge in [0.05, 0.1) is 0 Å². The summed E-state index contributed by atoms with van der Waals surface area (Å²) < 4.78 is 0. The van der Waals surface area contributed by atoms with Crippen molar-refractivity contribution < 1.29 is 9.59 Å². The Morgan fingerprint density at radius 3 is 2.46 bits per heavy atom. The molecule has 2 aromatic carbocycles. The number of ketones is 2. The van der Waals surface area contributed by atoms with Crippen molar-refractivity contribution in [3.8, 4) is 0 Å². The van der Waals surface area contributed by atoms with Gasteiger partial charge in [0.25, 0.3) is 0 Å². The van der Waals surface area contributed by atoms with Crippen LogP contribution in [0.2, 0.25) is 0 Å². The molecule has 0 unspecified atom stereocenters. The maximum Gasteiger partial charge on any atom is 0.193 e. The highest BCUT2D eigenvalue weighted by Crippen LogP contribution is 2.41. The molecule has 1 fully saturated rings. The van der Waals surface area contributed by atoms with Crippen molar-refractivity contribution in [2.75, 3.05) is 0 Å². The number of hydrogen-bond donors (Lipinski definition) is 0. The third-order valence-corrected chi connectivity index (χ3v) is 5.35. The lowest BCUT2D eigenvalue weighted by molar-refractivity contribution is -0.123. The van der Waals surface area contributed by atoms with Crippen LogP contribution >= 0.6 is 0 Å². The number of carbonyl (C=O) groups is 2. The average molecular weight is 320 g/mol. The molecule has 0 saturated heterocycles. The normalized spacial score (nSPS) is 20.8. The maximum atomic E-state index is 12.9. The Morgan fingerprint density at radius 1 is 1.04 bits per heavy atom. The van der Waals surface area contributed by atoms with E-state index >= 15 is 0 Å². The Labute approximate surface area is 143 Å². The van der Waals surface area contributed by atoms with E-state index in [1.165, 1.54) is 0 Å². The second kappa shape index (κ2) is 7.12. The van der Waals surface area contributed by atoms with E-state index in [9.17, 15) is 9.59 Å². The highest BCUT2D eigenvalue weighted by atomic mass is 16.1. The molecular formula is C22H24O2. The van der Waals surface area contributed by atoms with Crippen molar-refractivity contribution >= 4 is 11.6 Å². The fourth-order valence-corrected chi connectivity index (χ4v) is 3.88. The monoisotopic (exact) mass is 320 g/mol. The minimum atomic E-state index is 0.0163. The third-order valence-electron chi connectivity index (χ3n) is 5.35. The zero-order valence-electron chi connectivity index (χ0n) is 14.3. The van der Waals surface area contributed by atoms with Gasteiger partial charge in [-0.3, -0.25) is 9.59 Å². The van der Waals surface area contributed by atoms with Crippen LogP contribution in [0.4, 0.5) is 0 Å². The van der Waals surface area contributed by atoms with Crippen molar-refractivity contribution in [3.05, 3.63) is 71.3 Å². The first-order valence-electron chi connectivity index (χ1n) is 8.83. The van der Waals surface area contributed by atoms with E-state index in [-0.39, 0.29) is 11.2 Å². The van der Waals surface area contributed by atoms with Crippen molar-refractivity contribution in [2.45, 2.75) is 45.4 Å².